The predicted molar refractivity (Wildman–Crippen MR) is 61.6 cm³/mol. The second-order valence-electron chi connectivity index (χ2n) is 3.61. The van der Waals surface area contributed by atoms with Crippen molar-refractivity contribution in [2.45, 2.75) is 6.92 Å². The molecule has 2 aromatic rings. The lowest BCUT2D eigenvalue weighted by atomic mass is 10.0. The Morgan fingerprint density at radius 2 is 1.94 bits per heavy atom. The Bertz CT molecular complexity index is 516. The Labute approximate surface area is 94.2 Å². The molecule has 0 aliphatic heterocycles. The van der Waals surface area contributed by atoms with E-state index in [4.69, 9.17) is 0 Å². The molecule has 79 valence electrons. The largest absolute Gasteiger partial charge is 0.507 e. The number of aryl methyl sites for hydroxylation is 1. The molecule has 0 unspecified atom stereocenters. The number of benzene rings is 2. The van der Waals surface area contributed by atoms with Crippen molar-refractivity contribution < 1.29 is 9.90 Å². The van der Waals surface area contributed by atoms with Gasteiger partial charge in [0.2, 0.25) is 0 Å². The van der Waals surface area contributed by atoms with Crippen LogP contribution in [-0.2, 0) is 0 Å². The van der Waals surface area contributed by atoms with Crippen LogP contribution in [-0.4, -0.2) is 10.9 Å². The third-order valence-electron chi connectivity index (χ3n) is 2.35. The lowest BCUT2D eigenvalue weighted by Gasteiger charge is -2.04. The van der Waals surface area contributed by atoms with Gasteiger partial charge in [-0.25, -0.2) is 0 Å². The molecule has 0 aromatic heterocycles. The van der Waals surface area contributed by atoms with E-state index in [1.807, 2.05) is 13.0 Å². The zero-order chi connectivity index (χ0) is 11.5. The van der Waals surface area contributed by atoms with E-state index in [2.05, 4.69) is 6.07 Å². The first-order chi connectivity index (χ1) is 7.68. The zero-order valence-corrected chi connectivity index (χ0v) is 8.90. The molecule has 0 aliphatic carbocycles. The van der Waals surface area contributed by atoms with Crippen LogP contribution in [0.15, 0.2) is 42.5 Å². The number of phenolic OH excluding ortho intramolecular Hbond substituents is 1. The van der Waals surface area contributed by atoms with Gasteiger partial charge in [0.15, 0.2) is 5.78 Å². The van der Waals surface area contributed by atoms with Gasteiger partial charge >= 0.3 is 0 Å². The highest BCUT2D eigenvalue weighted by atomic mass is 16.3. The van der Waals surface area contributed by atoms with Gasteiger partial charge in [0, 0.05) is 5.56 Å². The average Bonchev–Trinajstić information content (AvgIpc) is 2.32. The number of phenols is 1. The molecule has 2 nitrogen and oxygen atoms in total. The van der Waals surface area contributed by atoms with Crippen LogP contribution in [0.2, 0.25) is 0 Å². The van der Waals surface area contributed by atoms with Gasteiger partial charge in [-0.1, -0.05) is 30.3 Å². The Morgan fingerprint density at radius 1 is 1.25 bits per heavy atom. The molecular formula is C14H11O2. The number of carbonyl (C=O) groups excluding carboxylic acids is 1. The van der Waals surface area contributed by atoms with Crippen LogP contribution >= 0.6 is 0 Å². The summed E-state index contributed by atoms with van der Waals surface area (Å²) in [4.78, 5) is 12.0. The lowest BCUT2D eigenvalue weighted by Crippen LogP contribution is -2.01. The maximum atomic E-state index is 12.0. The highest BCUT2D eigenvalue weighted by Crippen LogP contribution is 2.21. The summed E-state index contributed by atoms with van der Waals surface area (Å²) in [6.07, 6.45) is 0. The molecule has 0 atom stereocenters. The molecule has 0 amide bonds. The van der Waals surface area contributed by atoms with Gasteiger partial charge in [0.25, 0.3) is 0 Å². The van der Waals surface area contributed by atoms with Crippen molar-refractivity contribution in [1.29, 1.82) is 0 Å². The van der Waals surface area contributed by atoms with Crippen LogP contribution in [0.4, 0.5) is 0 Å². The maximum absolute atomic E-state index is 12.0. The quantitative estimate of drug-likeness (QED) is 0.775. The van der Waals surface area contributed by atoms with Gasteiger partial charge in [0.1, 0.15) is 5.75 Å². The number of hydrogen-bond donors (Lipinski definition) is 1. The summed E-state index contributed by atoms with van der Waals surface area (Å²) in [6, 6.07) is 14.8. The Kier molecular flexibility index (Phi) is 2.73. The van der Waals surface area contributed by atoms with Crippen LogP contribution in [0.5, 0.6) is 5.75 Å². The predicted octanol–water partition coefficient (Wildman–Crippen LogP) is 2.73. The van der Waals surface area contributed by atoms with E-state index in [-0.39, 0.29) is 11.5 Å². The zero-order valence-electron chi connectivity index (χ0n) is 8.90. The SMILES string of the molecule is Cc1[c]cc(O)c(C(=O)c2ccccc2)c1. The summed E-state index contributed by atoms with van der Waals surface area (Å²) in [6.45, 7) is 1.83. The van der Waals surface area contributed by atoms with Gasteiger partial charge in [-0.3, -0.25) is 4.79 Å². The summed E-state index contributed by atoms with van der Waals surface area (Å²) < 4.78 is 0. The van der Waals surface area contributed by atoms with Crippen LogP contribution in [0, 0.1) is 13.0 Å². The normalized spacial score (nSPS) is 10.1. The fourth-order valence-corrected chi connectivity index (χ4v) is 1.52. The molecule has 16 heavy (non-hydrogen) atoms. The van der Waals surface area contributed by atoms with Crippen molar-refractivity contribution in [3.8, 4) is 5.75 Å². The Balaban J connectivity index is 2.46. The smallest absolute Gasteiger partial charge is 0.196 e. The summed E-state index contributed by atoms with van der Waals surface area (Å²) in [7, 11) is 0. The monoisotopic (exact) mass is 211 g/mol. The molecule has 2 heteroatoms. The lowest BCUT2D eigenvalue weighted by molar-refractivity contribution is 0.103. The molecule has 0 saturated carbocycles. The van der Waals surface area contributed by atoms with Gasteiger partial charge in [-0.2, -0.15) is 0 Å². The van der Waals surface area contributed by atoms with Crippen LogP contribution in [0.1, 0.15) is 21.5 Å². The van der Waals surface area contributed by atoms with E-state index in [1.54, 1.807) is 30.3 Å². The van der Waals surface area contributed by atoms with Gasteiger partial charge < -0.3 is 5.11 Å². The highest BCUT2D eigenvalue weighted by Gasteiger charge is 2.12. The molecule has 1 N–H and O–H groups in total. The minimum absolute atomic E-state index is 0.0283. The van der Waals surface area contributed by atoms with E-state index < -0.39 is 0 Å². The summed E-state index contributed by atoms with van der Waals surface area (Å²) >= 11 is 0. The van der Waals surface area contributed by atoms with E-state index in [0.717, 1.165) is 5.56 Å². The van der Waals surface area contributed by atoms with E-state index in [9.17, 15) is 9.90 Å². The summed E-state index contributed by atoms with van der Waals surface area (Å²) in [5.41, 5.74) is 1.72. The number of hydrogen-bond acceptors (Lipinski definition) is 2. The molecule has 2 rings (SSSR count). The molecular weight excluding hydrogens is 200 g/mol. The Hall–Kier alpha value is -2.09. The van der Waals surface area contributed by atoms with Gasteiger partial charge in [-0.15, -0.1) is 0 Å². The van der Waals surface area contributed by atoms with E-state index >= 15 is 0 Å². The van der Waals surface area contributed by atoms with Gasteiger partial charge in [0.05, 0.1) is 5.56 Å². The number of ketones is 1. The second kappa shape index (κ2) is 4.19. The standard InChI is InChI=1S/C14H11O2/c1-10-7-8-13(15)12(9-10)14(16)11-5-3-2-4-6-11/h2-6,8-9,15H,1H3. The van der Waals surface area contributed by atoms with Crippen LogP contribution < -0.4 is 0 Å². The molecule has 2 aromatic carbocycles. The summed E-state index contributed by atoms with van der Waals surface area (Å²) in [5.74, 6) is -0.199. The van der Waals surface area contributed by atoms with Gasteiger partial charge in [-0.05, 0) is 30.7 Å². The number of rotatable bonds is 2. The third-order valence-corrected chi connectivity index (χ3v) is 2.35. The minimum Gasteiger partial charge on any atom is -0.507 e. The van der Waals surface area contributed by atoms with Crippen molar-refractivity contribution in [2.24, 2.45) is 0 Å². The molecule has 0 fully saturated rings. The second-order valence-corrected chi connectivity index (χ2v) is 3.61. The topological polar surface area (TPSA) is 37.3 Å². The van der Waals surface area contributed by atoms with Crippen molar-refractivity contribution >= 4 is 5.78 Å². The fraction of sp³-hybridized carbons (Fsp3) is 0.0714. The first-order valence-electron chi connectivity index (χ1n) is 4.99. The van der Waals surface area contributed by atoms with E-state index in [0.29, 0.717) is 11.1 Å². The molecule has 0 spiro atoms. The number of carbonyl (C=O) groups is 1. The first kappa shape index (κ1) is 10.4. The molecule has 0 saturated heterocycles. The fourth-order valence-electron chi connectivity index (χ4n) is 1.52. The molecule has 0 heterocycles. The van der Waals surface area contributed by atoms with Crippen molar-refractivity contribution in [3.05, 3.63) is 65.2 Å². The highest BCUT2D eigenvalue weighted by molar-refractivity contribution is 6.10. The molecule has 0 aliphatic rings. The van der Waals surface area contributed by atoms with Crippen molar-refractivity contribution in [2.75, 3.05) is 0 Å². The minimum atomic E-state index is -0.171. The molecule has 1 radical (unpaired) electrons. The summed E-state index contributed by atoms with van der Waals surface area (Å²) in [5, 5.41) is 9.61. The Morgan fingerprint density at radius 3 is 2.62 bits per heavy atom. The maximum Gasteiger partial charge on any atom is 0.196 e. The first-order valence-corrected chi connectivity index (χ1v) is 4.99. The van der Waals surface area contributed by atoms with Crippen molar-refractivity contribution in [1.82, 2.24) is 0 Å². The van der Waals surface area contributed by atoms with E-state index in [1.165, 1.54) is 6.07 Å². The van der Waals surface area contributed by atoms with Crippen molar-refractivity contribution in [3.63, 3.8) is 0 Å². The van der Waals surface area contributed by atoms with Crippen LogP contribution in [0.25, 0.3) is 0 Å². The average molecular weight is 211 g/mol. The third kappa shape index (κ3) is 1.96. The van der Waals surface area contributed by atoms with Crippen LogP contribution in [0.3, 0.4) is 0 Å². The number of aromatic hydroxyl groups is 1. The molecule has 0 bridgehead atoms.